The smallest absolute Gasteiger partial charge is 0.255 e. The van der Waals surface area contributed by atoms with Crippen molar-refractivity contribution in [3.8, 4) is 22.8 Å². The average molecular weight is 722 g/mol. The minimum absolute atomic E-state index is 0.153. The van der Waals surface area contributed by atoms with Crippen molar-refractivity contribution >= 4 is 33.6 Å². The Kier molecular flexibility index (Phi) is 11.9. The van der Waals surface area contributed by atoms with Crippen molar-refractivity contribution in [2.45, 2.75) is 25.4 Å². The zero-order chi connectivity index (χ0) is 36.4. The summed E-state index contributed by atoms with van der Waals surface area (Å²) in [4.78, 5) is 39.2. The quantitative estimate of drug-likeness (QED) is 0.111. The van der Waals surface area contributed by atoms with Gasteiger partial charge in [-0.05, 0) is 48.7 Å². The molecule has 3 aromatic heterocycles. The molecule has 276 valence electrons. The molecule has 1 atom stereocenters. The van der Waals surface area contributed by atoms with Crippen molar-refractivity contribution in [2.75, 3.05) is 66.1 Å². The number of nitrogens with one attached hydrogen (secondary N) is 2. The van der Waals surface area contributed by atoms with Crippen LogP contribution in [0.5, 0.6) is 11.6 Å². The Hall–Kier alpha value is -5.34. The zero-order valence-corrected chi connectivity index (χ0v) is 29.5. The number of hydrogen-bond donors (Lipinski definition) is 2. The molecule has 2 N–H and O–H groups in total. The van der Waals surface area contributed by atoms with E-state index in [1.165, 1.54) is 0 Å². The Morgan fingerprint density at radius 1 is 0.755 bits per heavy atom. The van der Waals surface area contributed by atoms with Gasteiger partial charge in [0.15, 0.2) is 0 Å². The van der Waals surface area contributed by atoms with Gasteiger partial charge in [-0.2, -0.15) is 0 Å². The molecule has 13 heteroatoms. The number of amides is 2. The van der Waals surface area contributed by atoms with Crippen LogP contribution in [0.15, 0.2) is 85.5 Å². The minimum Gasteiger partial charge on any atom is -0.491 e. The number of H-pyrrole nitrogens is 1. The van der Waals surface area contributed by atoms with E-state index in [1.54, 1.807) is 23.2 Å². The van der Waals surface area contributed by atoms with Gasteiger partial charge in [0.25, 0.3) is 5.91 Å². The molecule has 1 saturated heterocycles. The molecular formula is C40H43N5O8. The number of nitrogens with zero attached hydrogens (tertiary/aromatic N) is 3. The van der Waals surface area contributed by atoms with E-state index >= 15 is 0 Å². The Morgan fingerprint density at radius 3 is 2.19 bits per heavy atom. The molecule has 5 aromatic rings. The third-order valence-corrected chi connectivity index (χ3v) is 9.20. The zero-order valence-electron chi connectivity index (χ0n) is 29.5. The molecule has 53 heavy (non-hydrogen) atoms. The first-order valence-corrected chi connectivity index (χ1v) is 17.8. The molecule has 13 nitrogen and oxygen atoms in total. The van der Waals surface area contributed by atoms with Gasteiger partial charge >= 0.3 is 0 Å². The molecule has 1 unspecified atom stereocenters. The number of aromatic amines is 1. The van der Waals surface area contributed by atoms with Crippen LogP contribution < -0.4 is 14.8 Å². The molecule has 2 aliphatic heterocycles. The second kappa shape index (κ2) is 17.5. The summed E-state index contributed by atoms with van der Waals surface area (Å²) in [7, 11) is 0. The summed E-state index contributed by atoms with van der Waals surface area (Å²) in [5.74, 6) is 0.832. The fourth-order valence-electron chi connectivity index (χ4n) is 6.51. The first-order chi connectivity index (χ1) is 26.0. The van der Waals surface area contributed by atoms with E-state index in [9.17, 15) is 9.59 Å². The number of rotatable bonds is 19. The van der Waals surface area contributed by atoms with E-state index in [2.05, 4.69) is 45.0 Å². The third kappa shape index (κ3) is 8.83. The number of allylic oxidation sites excluding steroid dienone is 1. The van der Waals surface area contributed by atoms with E-state index in [4.69, 9.17) is 28.4 Å². The van der Waals surface area contributed by atoms with Crippen molar-refractivity contribution in [1.82, 2.24) is 25.2 Å². The summed E-state index contributed by atoms with van der Waals surface area (Å²) in [6.07, 6.45) is 6.70. The first-order valence-electron chi connectivity index (χ1n) is 17.8. The third-order valence-electron chi connectivity index (χ3n) is 9.20. The number of carbonyl (C=O) groups is 2. The minimum atomic E-state index is -0.506. The lowest BCUT2D eigenvalue weighted by Crippen LogP contribution is -2.49. The van der Waals surface area contributed by atoms with Crippen LogP contribution in [0.4, 0.5) is 0 Å². The maximum absolute atomic E-state index is 13.0. The predicted molar refractivity (Wildman–Crippen MR) is 198 cm³/mol. The molecule has 2 amide bonds. The Balaban J connectivity index is 0.689. The highest BCUT2D eigenvalue weighted by atomic mass is 16.6. The second-order valence-electron chi connectivity index (χ2n) is 12.7. The SMILES string of the molecule is C=C1CCC(N2Cc3c(OCCOCCOCCOCCOCCOc4ccc(-c5ccc6c(c5)[nH]c5ccncc56)cn4)cccc3C2=O)C(=O)N1. The van der Waals surface area contributed by atoms with Gasteiger partial charge in [-0.15, -0.1) is 0 Å². The fraction of sp³-hybridized carbons (Fsp3) is 0.350. The monoisotopic (exact) mass is 721 g/mol. The number of carbonyl (C=O) groups excluding carboxylic acids is 2. The van der Waals surface area contributed by atoms with Crippen molar-refractivity contribution < 1.29 is 38.0 Å². The lowest BCUT2D eigenvalue weighted by atomic mass is 10.0. The number of ether oxygens (including phenoxy) is 6. The lowest BCUT2D eigenvalue weighted by Gasteiger charge is -2.31. The summed E-state index contributed by atoms with van der Waals surface area (Å²) in [6, 6.07) is 17.1. The van der Waals surface area contributed by atoms with Gasteiger partial charge in [0, 0.05) is 68.9 Å². The number of benzene rings is 2. The van der Waals surface area contributed by atoms with E-state index in [1.807, 2.05) is 36.7 Å². The molecule has 0 spiro atoms. The van der Waals surface area contributed by atoms with Crippen molar-refractivity contribution in [3.63, 3.8) is 0 Å². The van der Waals surface area contributed by atoms with Crippen LogP contribution in [0.3, 0.4) is 0 Å². The highest BCUT2D eigenvalue weighted by molar-refractivity contribution is 6.07. The summed E-state index contributed by atoms with van der Waals surface area (Å²) >= 11 is 0. The lowest BCUT2D eigenvalue weighted by molar-refractivity contribution is -0.126. The van der Waals surface area contributed by atoms with Crippen molar-refractivity contribution in [1.29, 1.82) is 0 Å². The number of hydrogen-bond acceptors (Lipinski definition) is 10. The molecule has 2 aliphatic rings. The summed E-state index contributed by atoms with van der Waals surface area (Å²) in [5, 5.41) is 5.02. The van der Waals surface area contributed by atoms with Crippen LogP contribution in [-0.4, -0.2) is 104 Å². The number of piperidine rings is 1. The highest BCUT2D eigenvalue weighted by Crippen LogP contribution is 2.34. The van der Waals surface area contributed by atoms with Gasteiger partial charge in [-0.1, -0.05) is 24.8 Å². The Morgan fingerprint density at radius 2 is 1.47 bits per heavy atom. The summed E-state index contributed by atoms with van der Waals surface area (Å²) in [5.41, 5.74) is 6.26. The highest BCUT2D eigenvalue weighted by Gasteiger charge is 2.39. The van der Waals surface area contributed by atoms with E-state index in [-0.39, 0.29) is 11.8 Å². The molecule has 0 radical (unpaired) electrons. The van der Waals surface area contributed by atoms with Crippen LogP contribution in [-0.2, 0) is 30.3 Å². The molecule has 7 rings (SSSR count). The molecular weight excluding hydrogens is 678 g/mol. The van der Waals surface area contributed by atoms with E-state index < -0.39 is 6.04 Å². The van der Waals surface area contributed by atoms with Crippen LogP contribution in [0.25, 0.3) is 32.9 Å². The second-order valence-corrected chi connectivity index (χ2v) is 12.7. The molecule has 0 aliphatic carbocycles. The van der Waals surface area contributed by atoms with Crippen LogP contribution in [0.1, 0.15) is 28.8 Å². The predicted octanol–water partition coefficient (Wildman–Crippen LogP) is 5.05. The Bertz CT molecular complexity index is 2050. The number of pyridine rings is 2. The standard InChI is InChI=1S/C40H43N5O8/c1-27-5-9-36(39(46)43-27)45-26-33-31(40(45)47)3-2-4-37(33)52-21-19-50-17-15-48-13-14-49-16-18-51-20-22-53-38-10-7-29(24-42-38)28-6-8-30-32-25-41-12-11-34(32)44-35(30)23-28/h2-4,6-8,10-12,23-25,36,44H,1,5,9,13-22,26H2,(H,43,46). The normalized spacial score (nSPS) is 15.7. The van der Waals surface area contributed by atoms with Crippen LogP contribution in [0.2, 0.25) is 0 Å². The van der Waals surface area contributed by atoms with Gasteiger partial charge in [-0.25, -0.2) is 4.98 Å². The molecule has 1 fully saturated rings. The number of aromatic nitrogens is 3. The first kappa shape index (κ1) is 36.0. The Labute approximate surface area is 307 Å². The number of fused-ring (bicyclic) bond motifs is 4. The van der Waals surface area contributed by atoms with Gasteiger partial charge in [0.05, 0.1) is 59.4 Å². The van der Waals surface area contributed by atoms with Gasteiger partial charge in [0.2, 0.25) is 11.8 Å². The largest absolute Gasteiger partial charge is 0.491 e. The van der Waals surface area contributed by atoms with Crippen LogP contribution >= 0.6 is 0 Å². The van der Waals surface area contributed by atoms with E-state index in [0.29, 0.717) is 108 Å². The molecule has 0 saturated carbocycles. The average Bonchev–Trinajstić information content (AvgIpc) is 3.72. The van der Waals surface area contributed by atoms with Gasteiger partial charge < -0.3 is 43.6 Å². The topological polar surface area (TPSA) is 146 Å². The maximum atomic E-state index is 13.0. The molecule has 5 heterocycles. The van der Waals surface area contributed by atoms with Gasteiger partial charge in [-0.3, -0.25) is 14.6 Å². The summed E-state index contributed by atoms with van der Waals surface area (Å²) < 4.78 is 34.0. The summed E-state index contributed by atoms with van der Waals surface area (Å²) in [6.45, 7) is 8.34. The fourth-order valence-corrected chi connectivity index (χ4v) is 6.51. The maximum Gasteiger partial charge on any atom is 0.255 e. The van der Waals surface area contributed by atoms with Crippen molar-refractivity contribution in [3.05, 3.63) is 96.6 Å². The molecule has 2 aromatic carbocycles. The van der Waals surface area contributed by atoms with Crippen molar-refractivity contribution in [2.24, 2.45) is 0 Å². The van der Waals surface area contributed by atoms with E-state index in [0.717, 1.165) is 38.5 Å². The van der Waals surface area contributed by atoms with Crippen LogP contribution in [0, 0.1) is 0 Å². The molecule has 0 bridgehead atoms. The van der Waals surface area contributed by atoms with Gasteiger partial charge in [0.1, 0.15) is 25.0 Å².